The van der Waals surface area contributed by atoms with Crippen LogP contribution in [0.25, 0.3) is 0 Å². The molecule has 1 aliphatic rings. The molecule has 0 bridgehead atoms. The van der Waals surface area contributed by atoms with Crippen LogP contribution in [0.3, 0.4) is 0 Å². The minimum absolute atomic E-state index is 0.116. The van der Waals surface area contributed by atoms with E-state index in [0.717, 1.165) is 25.0 Å². The number of likely N-dealkylation sites (tertiary alicyclic amines) is 1. The van der Waals surface area contributed by atoms with Crippen LogP contribution in [0, 0.1) is 11.8 Å². The first-order valence-corrected chi connectivity index (χ1v) is 10.9. The minimum Gasteiger partial charge on any atom is -0.497 e. The van der Waals surface area contributed by atoms with Gasteiger partial charge in [0.05, 0.1) is 13.2 Å². The van der Waals surface area contributed by atoms with Crippen LogP contribution in [-0.4, -0.2) is 52.4 Å². The van der Waals surface area contributed by atoms with Gasteiger partial charge in [0.1, 0.15) is 5.75 Å². The van der Waals surface area contributed by atoms with E-state index in [1.807, 2.05) is 43.0 Å². The third kappa shape index (κ3) is 6.05. The van der Waals surface area contributed by atoms with Crippen molar-refractivity contribution in [2.75, 3.05) is 20.2 Å². The number of carbonyl (C=O) groups excluding carboxylic acids is 1. The number of nitrogens with zero attached hydrogens (tertiary/aromatic N) is 3. The van der Waals surface area contributed by atoms with Crippen LogP contribution in [0.5, 0.6) is 5.75 Å². The summed E-state index contributed by atoms with van der Waals surface area (Å²) in [6.07, 6.45) is 3.75. The number of aliphatic hydroxyl groups is 1. The maximum Gasteiger partial charge on any atom is 0.223 e. The van der Waals surface area contributed by atoms with Gasteiger partial charge in [0.15, 0.2) is 0 Å². The molecular weight excluding hydrogens is 382 g/mol. The number of ether oxygens (including phenoxy) is 1. The summed E-state index contributed by atoms with van der Waals surface area (Å²) in [6, 6.07) is 7.93. The summed E-state index contributed by atoms with van der Waals surface area (Å²) in [5.74, 6) is 2.61. The molecule has 1 atom stereocenters. The van der Waals surface area contributed by atoms with Gasteiger partial charge in [-0.25, -0.2) is 0 Å². The van der Waals surface area contributed by atoms with Crippen LogP contribution in [0.2, 0.25) is 0 Å². The third-order valence-electron chi connectivity index (χ3n) is 5.91. The van der Waals surface area contributed by atoms with E-state index >= 15 is 0 Å². The molecule has 0 radical (unpaired) electrons. The Kier molecular flexibility index (Phi) is 7.85. The fourth-order valence-corrected chi connectivity index (χ4v) is 3.94. The summed E-state index contributed by atoms with van der Waals surface area (Å²) >= 11 is 0. The first-order chi connectivity index (χ1) is 14.5. The number of aromatic nitrogens is 2. The molecule has 0 unspecified atom stereocenters. The van der Waals surface area contributed by atoms with Crippen LogP contribution in [-0.2, 0) is 24.1 Å². The molecule has 164 valence electrons. The Balaban J connectivity index is 1.40. The molecule has 1 N–H and O–H groups in total. The average Bonchev–Trinajstić information content (AvgIpc) is 3.23. The molecule has 1 aliphatic heterocycles. The van der Waals surface area contributed by atoms with Gasteiger partial charge in [-0.1, -0.05) is 26.0 Å². The van der Waals surface area contributed by atoms with E-state index in [1.54, 1.807) is 7.11 Å². The number of benzene rings is 1. The van der Waals surface area contributed by atoms with Gasteiger partial charge in [0, 0.05) is 32.4 Å². The second-order valence-corrected chi connectivity index (χ2v) is 8.39. The lowest BCUT2D eigenvalue weighted by Crippen LogP contribution is -2.42. The second kappa shape index (κ2) is 10.6. The topological polar surface area (TPSA) is 88.7 Å². The second-order valence-electron chi connectivity index (χ2n) is 8.39. The average molecular weight is 416 g/mol. The van der Waals surface area contributed by atoms with Crippen molar-refractivity contribution in [1.82, 2.24) is 15.1 Å². The van der Waals surface area contributed by atoms with E-state index in [9.17, 15) is 9.90 Å². The van der Waals surface area contributed by atoms with Crippen molar-refractivity contribution in [3.05, 3.63) is 41.6 Å². The molecule has 7 nitrogen and oxygen atoms in total. The molecule has 1 saturated heterocycles. The van der Waals surface area contributed by atoms with Gasteiger partial charge in [-0.2, -0.15) is 0 Å². The molecule has 1 amide bonds. The van der Waals surface area contributed by atoms with E-state index in [-0.39, 0.29) is 17.9 Å². The van der Waals surface area contributed by atoms with Crippen LogP contribution in [0.4, 0.5) is 0 Å². The molecular formula is C23H33N3O4. The summed E-state index contributed by atoms with van der Waals surface area (Å²) < 4.78 is 10.9. The molecule has 1 aromatic heterocycles. The van der Waals surface area contributed by atoms with Gasteiger partial charge in [0.25, 0.3) is 0 Å². The first kappa shape index (κ1) is 22.3. The van der Waals surface area contributed by atoms with Crippen LogP contribution < -0.4 is 4.74 Å². The van der Waals surface area contributed by atoms with Crippen molar-refractivity contribution in [3.63, 3.8) is 0 Å². The van der Waals surface area contributed by atoms with E-state index in [1.165, 1.54) is 5.56 Å². The first-order valence-electron chi connectivity index (χ1n) is 10.9. The SMILES string of the molecule is COc1ccc(CCc2nnc(CCC(=O)N3CCC([C@@H](O)C(C)C)CC3)o2)cc1. The lowest BCUT2D eigenvalue weighted by molar-refractivity contribution is -0.133. The van der Waals surface area contributed by atoms with Gasteiger partial charge >= 0.3 is 0 Å². The molecule has 2 heterocycles. The largest absolute Gasteiger partial charge is 0.497 e. The van der Waals surface area contributed by atoms with E-state index in [0.29, 0.717) is 50.1 Å². The zero-order valence-electron chi connectivity index (χ0n) is 18.2. The lowest BCUT2D eigenvalue weighted by atomic mass is 9.85. The fraction of sp³-hybridized carbons (Fsp3) is 0.609. The maximum absolute atomic E-state index is 12.5. The van der Waals surface area contributed by atoms with Crippen molar-refractivity contribution in [2.45, 2.75) is 58.5 Å². The van der Waals surface area contributed by atoms with Crippen molar-refractivity contribution in [3.8, 4) is 5.75 Å². The number of rotatable bonds is 9. The molecule has 0 spiro atoms. The van der Waals surface area contributed by atoms with Crippen molar-refractivity contribution in [2.24, 2.45) is 11.8 Å². The Morgan fingerprint density at radius 2 is 1.77 bits per heavy atom. The molecule has 3 rings (SSSR count). The van der Waals surface area contributed by atoms with Crippen LogP contribution in [0.15, 0.2) is 28.7 Å². The minimum atomic E-state index is -0.281. The molecule has 1 fully saturated rings. The maximum atomic E-state index is 12.5. The summed E-state index contributed by atoms with van der Waals surface area (Å²) in [5, 5.41) is 18.4. The predicted molar refractivity (Wildman–Crippen MR) is 113 cm³/mol. The van der Waals surface area contributed by atoms with Gasteiger partial charge in [-0.3, -0.25) is 4.79 Å². The van der Waals surface area contributed by atoms with Crippen LogP contribution >= 0.6 is 0 Å². The van der Waals surface area contributed by atoms with E-state index < -0.39 is 0 Å². The molecule has 0 aliphatic carbocycles. The molecule has 30 heavy (non-hydrogen) atoms. The zero-order valence-corrected chi connectivity index (χ0v) is 18.2. The smallest absolute Gasteiger partial charge is 0.223 e. The van der Waals surface area contributed by atoms with E-state index in [2.05, 4.69) is 10.2 Å². The lowest BCUT2D eigenvalue weighted by Gasteiger charge is -2.35. The Morgan fingerprint density at radius 3 is 2.37 bits per heavy atom. The number of methoxy groups -OCH3 is 1. The number of carbonyl (C=O) groups is 1. The van der Waals surface area contributed by atoms with Crippen LogP contribution in [0.1, 0.15) is 50.5 Å². The summed E-state index contributed by atoms with van der Waals surface area (Å²) in [6.45, 7) is 5.50. The fourth-order valence-electron chi connectivity index (χ4n) is 3.94. The Hall–Kier alpha value is -2.41. The Labute approximate surface area is 178 Å². The standard InChI is InChI=1S/C23H33N3O4/c1-16(2)23(28)18-12-14-26(15-13-18)22(27)11-10-21-25-24-20(30-21)9-6-17-4-7-19(29-3)8-5-17/h4-5,7-8,16,18,23,28H,6,9-15H2,1-3H3/t23-/m0/s1. The number of hydrogen-bond donors (Lipinski definition) is 1. The normalized spacial score (nSPS) is 16.1. The molecule has 7 heteroatoms. The van der Waals surface area contributed by atoms with Gasteiger partial charge < -0.3 is 19.2 Å². The number of aliphatic hydroxyl groups excluding tert-OH is 1. The number of amides is 1. The monoisotopic (exact) mass is 415 g/mol. The highest BCUT2D eigenvalue weighted by atomic mass is 16.5. The van der Waals surface area contributed by atoms with Crippen molar-refractivity contribution in [1.29, 1.82) is 0 Å². The van der Waals surface area contributed by atoms with Crippen molar-refractivity contribution >= 4 is 5.91 Å². The number of piperidine rings is 1. The highest BCUT2D eigenvalue weighted by Gasteiger charge is 2.28. The Bertz CT molecular complexity index is 795. The predicted octanol–water partition coefficient (Wildman–Crippen LogP) is 3.05. The molecule has 0 saturated carbocycles. The van der Waals surface area contributed by atoms with E-state index in [4.69, 9.17) is 9.15 Å². The third-order valence-corrected chi connectivity index (χ3v) is 5.91. The summed E-state index contributed by atoms with van der Waals surface area (Å²) in [7, 11) is 1.65. The summed E-state index contributed by atoms with van der Waals surface area (Å²) in [4.78, 5) is 14.4. The highest BCUT2D eigenvalue weighted by molar-refractivity contribution is 5.76. The summed E-state index contributed by atoms with van der Waals surface area (Å²) in [5.41, 5.74) is 1.18. The number of aryl methyl sites for hydroxylation is 3. The van der Waals surface area contributed by atoms with Crippen molar-refractivity contribution < 1.29 is 19.1 Å². The number of hydrogen-bond acceptors (Lipinski definition) is 6. The van der Waals surface area contributed by atoms with Gasteiger partial charge in [-0.15, -0.1) is 10.2 Å². The Morgan fingerprint density at radius 1 is 1.13 bits per heavy atom. The van der Waals surface area contributed by atoms with Gasteiger partial charge in [-0.05, 0) is 48.8 Å². The molecule has 1 aromatic carbocycles. The quantitative estimate of drug-likeness (QED) is 0.677. The zero-order chi connectivity index (χ0) is 21.5. The highest BCUT2D eigenvalue weighted by Crippen LogP contribution is 2.25. The van der Waals surface area contributed by atoms with Gasteiger partial charge in [0.2, 0.25) is 17.7 Å². The molecule has 2 aromatic rings.